The van der Waals surface area contributed by atoms with Gasteiger partial charge in [0.25, 0.3) is 0 Å². The van der Waals surface area contributed by atoms with Crippen molar-refractivity contribution in [2.45, 2.75) is 44.7 Å². The van der Waals surface area contributed by atoms with Gasteiger partial charge >= 0.3 is 0 Å². The molecule has 2 nitrogen and oxygen atoms in total. The molecule has 2 aliphatic heterocycles. The van der Waals surface area contributed by atoms with Crippen LogP contribution in [0.3, 0.4) is 0 Å². The second kappa shape index (κ2) is 4.41. The summed E-state index contributed by atoms with van der Waals surface area (Å²) in [7, 11) is 0. The number of hydrogen-bond donors (Lipinski definition) is 0. The van der Waals surface area contributed by atoms with Gasteiger partial charge in [0.2, 0.25) is 0 Å². The van der Waals surface area contributed by atoms with E-state index in [1.54, 1.807) is 0 Å². The number of fused-ring (bicyclic) bond motifs is 3. The molecule has 4 rings (SSSR count). The van der Waals surface area contributed by atoms with Crippen LogP contribution < -0.4 is 0 Å². The van der Waals surface area contributed by atoms with Crippen molar-refractivity contribution in [2.75, 3.05) is 0 Å². The maximum atomic E-state index is 4.96. The Hall–Kier alpha value is -1.22. The molecular formula is C16H18N2S. The smallest absolute Gasteiger partial charge is 0.169 e. The van der Waals surface area contributed by atoms with Gasteiger partial charge in [0.1, 0.15) is 0 Å². The van der Waals surface area contributed by atoms with Crippen LogP contribution in [0.2, 0.25) is 0 Å². The summed E-state index contributed by atoms with van der Waals surface area (Å²) in [5.74, 6) is 0. The Bertz CT molecular complexity index is 561. The van der Waals surface area contributed by atoms with E-state index >= 15 is 0 Å². The van der Waals surface area contributed by atoms with Gasteiger partial charge in [0, 0.05) is 10.6 Å². The molecule has 1 fully saturated rings. The Balaban J connectivity index is 1.71. The summed E-state index contributed by atoms with van der Waals surface area (Å²) < 4.78 is 0. The van der Waals surface area contributed by atoms with E-state index in [9.17, 15) is 0 Å². The van der Waals surface area contributed by atoms with E-state index in [-0.39, 0.29) is 0 Å². The first-order valence-electron chi connectivity index (χ1n) is 7.16. The van der Waals surface area contributed by atoms with Gasteiger partial charge in [-0.15, -0.1) is 0 Å². The molecule has 0 amide bonds. The minimum atomic E-state index is 0.559. The van der Waals surface area contributed by atoms with Crippen LogP contribution in [0.1, 0.15) is 38.2 Å². The summed E-state index contributed by atoms with van der Waals surface area (Å²) in [6, 6.07) is 11.9. The third-order valence-corrected chi connectivity index (χ3v) is 5.65. The van der Waals surface area contributed by atoms with Crippen molar-refractivity contribution in [3.63, 3.8) is 0 Å². The van der Waals surface area contributed by atoms with Crippen LogP contribution in [-0.2, 0) is 0 Å². The van der Waals surface area contributed by atoms with Gasteiger partial charge in [-0.05, 0) is 37.1 Å². The summed E-state index contributed by atoms with van der Waals surface area (Å²) in [4.78, 5) is 8.86. The number of aliphatic imine (C=N–C) groups is 1. The van der Waals surface area contributed by atoms with Crippen molar-refractivity contribution < 1.29 is 0 Å². The SMILES string of the molecule is CC1=C(c2ccccc2)SC2=N[C@H]3CCCC[C@H]3N21. The molecule has 1 aromatic rings. The van der Waals surface area contributed by atoms with Crippen molar-refractivity contribution in [1.82, 2.24) is 4.90 Å². The van der Waals surface area contributed by atoms with Crippen LogP contribution in [0.4, 0.5) is 0 Å². The standard InChI is InChI=1S/C16H18N2S/c1-11-15(12-7-3-2-4-8-12)19-16-17-13-9-5-6-10-14(13)18(11)16/h2-4,7-8,13-14H,5-6,9-10H2,1H3/t13-,14+/m0/s1. The van der Waals surface area contributed by atoms with Gasteiger partial charge in [-0.1, -0.05) is 43.2 Å². The van der Waals surface area contributed by atoms with Crippen LogP contribution in [0, 0.1) is 0 Å². The molecule has 0 aromatic heterocycles. The molecule has 0 spiro atoms. The predicted molar refractivity (Wildman–Crippen MR) is 81.9 cm³/mol. The van der Waals surface area contributed by atoms with Crippen LogP contribution in [-0.4, -0.2) is 22.2 Å². The lowest BCUT2D eigenvalue weighted by molar-refractivity contribution is 0.285. The van der Waals surface area contributed by atoms with Gasteiger partial charge < -0.3 is 4.90 Å². The summed E-state index contributed by atoms with van der Waals surface area (Å²) in [5, 5.41) is 1.24. The quantitative estimate of drug-likeness (QED) is 0.763. The van der Waals surface area contributed by atoms with Gasteiger partial charge in [-0.2, -0.15) is 0 Å². The fourth-order valence-electron chi connectivity index (χ4n) is 3.49. The van der Waals surface area contributed by atoms with E-state index in [4.69, 9.17) is 4.99 Å². The second-order valence-corrected chi connectivity index (χ2v) is 6.56. The van der Waals surface area contributed by atoms with E-state index in [0.29, 0.717) is 12.1 Å². The van der Waals surface area contributed by atoms with Gasteiger partial charge in [0.15, 0.2) is 5.17 Å². The predicted octanol–water partition coefficient (Wildman–Crippen LogP) is 4.10. The number of allylic oxidation sites excluding steroid dienone is 1. The van der Waals surface area contributed by atoms with Crippen molar-refractivity contribution >= 4 is 21.8 Å². The molecule has 0 bridgehead atoms. The van der Waals surface area contributed by atoms with Gasteiger partial charge in [0.05, 0.1) is 12.1 Å². The summed E-state index contributed by atoms with van der Waals surface area (Å²) in [5.41, 5.74) is 2.74. The highest BCUT2D eigenvalue weighted by molar-refractivity contribution is 8.22. The van der Waals surface area contributed by atoms with Crippen LogP contribution >= 0.6 is 11.8 Å². The Morgan fingerprint density at radius 3 is 2.79 bits per heavy atom. The first-order valence-corrected chi connectivity index (χ1v) is 7.97. The average molecular weight is 270 g/mol. The lowest BCUT2D eigenvalue weighted by Gasteiger charge is -2.31. The molecule has 98 valence electrons. The Kier molecular flexibility index (Phi) is 2.69. The van der Waals surface area contributed by atoms with Gasteiger partial charge in [-0.25, -0.2) is 0 Å². The van der Waals surface area contributed by atoms with Crippen LogP contribution in [0.15, 0.2) is 41.0 Å². The average Bonchev–Trinajstić information content (AvgIpc) is 2.97. The van der Waals surface area contributed by atoms with E-state index in [2.05, 4.69) is 42.2 Å². The zero-order valence-electron chi connectivity index (χ0n) is 11.2. The Morgan fingerprint density at radius 1 is 1.16 bits per heavy atom. The van der Waals surface area contributed by atoms with E-state index in [1.807, 2.05) is 11.8 Å². The van der Waals surface area contributed by atoms with Crippen molar-refractivity contribution in [3.05, 3.63) is 41.6 Å². The summed E-state index contributed by atoms with van der Waals surface area (Å²) in [6.45, 7) is 2.26. The van der Waals surface area contributed by atoms with E-state index in [1.165, 1.54) is 47.0 Å². The molecule has 3 heteroatoms. The zero-order valence-corrected chi connectivity index (χ0v) is 12.0. The third-order valence-electron chi connectivity index (χ3n) is 4.43. The minimum Gasteiger partial charge on any atom is -0.319 e. The highest BCUT2D eigenvalue weighted by Gasteiger charge is 2.42. The first-order chi connectivity index (χ1) is 9.34. The molecule has 0 unspecified atom stereocenters. The topological polar surface area (TPSA) is 15.6 Å². The number of rotatable bonds is 1. The molecule has 2 heterocycles. The molecule has 2 atom stereocenters. The normalized spacial score (nSPS) is 29.3. The Morgan fingerprint density at radius 2 is 1.95 bits per heavy atom. The maximum absolute atomic E-state index is 4.96. The third kappa shape index (κ3) is 1.75. The van der Waals surface area contributed by atoms with Crippen LogP contribution in [0.25, 0.3) is 4.91 Å². The highest BCUT2D eigenvalue weighted by atomic mass is 32.2. The summed E-state index contributed by atoms with van der Waals surface area (Å²) >= 11 is 1.86. The molecule has 0 radical (unpaired) electrons. The second-order valence-electron chi connectivity index (χ2n) is 5.58. The number of hydrogen-bond acceptors (Lipinski definition) is 3. The van der Waals surface area contributed by atoms with E-state index in [0.717, 1.165) is 0 Å². The lowest BCUT2D eigenvalue weighted by atomic mass is 9.90. The number of thioether (sulfide) groups is 1. The molecular weight excluding hydrogens is 252 g/mol. The number of benzene rings is 1. The highest BCUT2D eigenvalue weighted by Crippen LogP contribution is 2.47. The van der Waals surface area contributed by atoms with Crippen molar-refractivity contribution in [1.29, 1.82) is 0 Å². The zero-order chi connectivity index (χ0) is 12.8. The number of nitrogens with zero attached hydrogens (tertiary/aromatic N) is 2. The van der Waals surface area contributed by atoms with E-state index < -0.39 is 0 Å². The number of amidine groups is 1. The lowest BCUT2D eigenvalue weighted by Crippen LogP contribution is -2.37. The van der Waals surface area contributed by atoms with Crippen molar-refractivity contribution in [3.8, 4) is 0 Å². The molecule has 19 heavy (non-hydrogen) atoms. The fourth-order valence-corrected chi connectivity index (χ4v) is 4.73. The molecule has 1 aromatic carbocycles. The molecule has 0 N–H and O–H groups in total. The molecule has 3 aliphatic rings. The molecule has 1 aliphatic carbocycles. The Labute approximate surface area is 118 Å². The minimum absolute atomic E-state index is 0.559. The largest absolute Gasteiger partial charge is 0.319 e. The monoisotopic (exact) mass is 270 g/mol. The first kappa shape index (κ1) is 11.6. The molecule has 0 saturated heterocycles. The summed E-state index contributed by atoms with van der Waals surface area (Å²) in [6.07, 6.45) is 5.29. The maximum Gasteiger partial charge on any atom is 0.169 e. The van der Waals surface area contributed by atoms with Crippen LogP contribution in [0.5, 0.6) is 0 Å². The van der Waals surface area contributed by atoms with Crippen molar-refractivity contribution in [2.24, 2.45) is 4.99 Å². The fraction of sp³-hybridized carbons (Fsp3) is 0.438. The van der Waals surface area contributed by atoms with Gasteiger partial charge in [-0.3, -0.25) is 4.99 Å². The molecule has 1 saturated carbocycles.